The van der Waals surface area contributed by atoms with Crippen molar-refractivity contribution in [3.05, 3.63) is 10.1 Å². The second kappa shape index (κ2) is 5.88. The first-order valence-corrected chi connectivity index (χ1v) is 5.68. The summed E-state index contributed by atoms with van der Waals surface area (Å²) in [4.78, 5) is 36.2. The first kappa shape index (κ1) is 14.3. The Hall–Kier alpha value is -2.14. The average molecular weight is 292 g/mol. The molecule has 0 bridgehead atoms. The van der Waals surface area contributed by atoms with Gasteiger partial charge in [0.1, 0.15) is 18.8 Å². The van der Waals surface area contributed by atoms with E-state index in [-0.39, 0.29) is 13.2 Å². The van der Waals surface area contributed by atoms with E-state index < -0.39 is 48.1 Å². The molecule has 112 valence electrons. The van der Waals surface area contributed by atoms with Crippen LogP contribution in [0.1, 0.15) is 0 Å². The zero-order chi connectivity index (χ0) is 14.7. The number of nitrogens with one attached hydrogen (secondary N) is 1. The number of carbonyl (C=O) groups excluding carboxylic acids is 1. The van der Waals surface area contributed by atoms with Gasteiger partial charge in [-0.2, -0.15) is 0 Å². The summed E-state index contributed by atoms with van der Waals surface area (Å²) >= 11 is 0. The minimum absolute atomic E-state index is 0.00655. The topological polar surface area (TPSA) is 146 Å². The summed E-state index contributed by atoms with van der Waals surface area (Å²) in [5.74, 6) is -1.21. The molecule has 4 atom stereocenters. The summed E-state index contributed by atoms with van der Waals surface area (Å²) in [7, 11) is 0. The van der Waals surface area contributed by atoms with Gasteiger partial charge in [0.15, 0.2) is 12.2 Å². The largest absolute Gasteiger partial charge is 0.480 e. The van der Waals surface area contributed by atoms with Crippen LogP contribution in [0.5, 0.6) is 0 Å². The van der Waals surface area contributed by atoms with Crippen LogP contribution in [0.15, 0.2) is 0 Å². The van der Waals surface area contributed by atoms with Gasteiger partial charge < -0.3 is 29.5 Å². The van der Waals surface area contributed by atoms with Crippen molar-refractivity contribution in [3.63, 3.8) is 0 Å². The fraction of sp³-hybridized carbons (Fsp3) is 0.778. The van der Waals surface area contributed by atoms with Gasteiger partial charge in [-0.05, 0) is 0 Å². The van der Waals surface area contributed by atoms with Gasteiger partial charge in [0, 0.05) is 0 Å². The highest BCUT2D eigenvalue weighted by molar-refractivity contribution is 5.76. The minimum atomic E-state index is -1.21. The van der Waals surface area contributed by atoms with Crippen molar-refractivity contribution in [1.29, 1.82) is 0 Å². The molecule has 11 nitrogen and oxygen atoms in total. The summed E-state index contributed by atoms with van der Waals surface area (Å²) in [6.07, 6.45) is -3.93. The number of amides is 1. The lowest BCUT2D eigenvalue weighted by molar-refractivity contribution is -0.769. The molecule has 0 aromatic rings. The lowest BCUT2D eigenvalue weighted by Gasteiger charge is -2.16. The van der Waals surface area contributed by atoms with Gasteiger partial charge in [-0.1, -0.05) is 0 Å². The molecule has 2 aliphatic rings. The molecule has 2 fully saturated rings. The van der Waals surface area contributed by atoms with Crippen molar-refractivity contribution >= 4 is 12.1 Å². The number of ether oxygens (including phenoxy) is 3. The van der Waals surface area contributed by atoms with Gasteiger partial charge in [0.25, 0.3) is 5.09 Å². The van der Waals surface area contributed by atoms with Gasteiger partial charge in [-0.15, -0.1) is 10.1 Å². The van der Waals surface area contributed by atoms with Crippen LogP contribution in [0.3, 0.4) is 0 Å². The number of carboxylic acids is 1. The number of hydrogen-bond acceptors (Lipinski definition) is 8. The van der Waals surface area contributed by atoms with Gasteiger partial charge in [-0.25, -0.2) is 4.79 Å². The average Bonchev–Trinajstić information content (AvgIpc) is 2.91. The first-order chi connectivity index (χ1) is 9.47. The quantitative estimate of drug-likeness (QED) is 0.458. The summed E-state index contributed by atoms with van der Waals surface area (Å²) in [5, 5.41) is 19.7. The molecule has 0 aliphatic carbocycles. The van der Waals surface area contributed by atoms with Crippen molar-refractivity contribution in [2.75, 3.05) is 19.8 Å². The molecule has 0 aromatic heterocycles. The number of carbonyl (C=O) groups is 2. The third-order valence-electron chi connectivity index (χ3n) is 2.83. The predicted molar refractivity (Wildman–Crippen MR) is 57.3 cm³/mol. The summed E-state index contributed by atoms with van der Waals surface area (Å²) in [6.45, 7) is -0.630. The normalized spacial score (nSPS) is 31.4. The molecule has 2 heterocycles. The molecule has 0 spiro atoms. The Bertz CT molecular complexity index is 414. The Morgan fingerprint density at radius 3 is 2.50 bits per heavy atom. The SMILES string of the molecule is O=C(O)CNC(=O)O[C@H]1CO[C@@H]2C(O[N+](=O)[O-])CO[C@H]12. The summed E-state index contributed by atoms with van der Waals surface area (Å²) in [6, 6.07) is 0. The van der Waals surface area contributed by atoms with Crippen LogP contribution in [0.4, 0.5) is 4.79 Å². The molecule has 2 rings (SSSR count). The monoisotopic (exact) mass is 292 g/mol. The van der Waals surface area contributed by atoms with Crippen LogP contribution in [-0.4, -0.2) is 66.4 Å². The molecule has 1 amide bonds. The number of carboxylic acid groups (broad SMARTS) is 1. The highest BCUT2D eigenvalue weighted by Crippen LogP contribution is 2.30. The molecule has 2 saturated heterocycles. The number of hydrogen-bond donors (Lipinski definition) is 2. The van der Waals surface area contributed by atoms with Crippen LogP contribution < -0.4 is 5.32 Å². The van der Waals surface area contributed by atoms with E-state index in [1.165, 1.54) is 0 Å². The Morgan fingerprint density at radius 1 is 1.30 bits per heavy atom. The Kier molecular flexibility index (Phi) is 4.20. The zero-order valence-electron chi connectivity index (χ0n) is 10.1. The zero-order valence-corrected chi connectivity index (χ0v) is 10.1. The van der Waals surface area contributed by atoms with Crippen molar-refractivity contribution in [2.24, 2.45) is 0 Å². The molecule has 11 heteroatoms. The van der Waals surface area contributed by atoms with Crippen LogP contribution >= 0.6 is 0 Å². The minimum Gasteiger partial charge on any atom is -0.480 e. The van der Waals surface area contributed by atoms with Crippen molar-refractivity contribution in [3.8, 4) is 0 Å². The van der Waals surface area contributed by atoms with E-state index in [9.17, 15) is 19.7 Å². The molecule has 20 heavy (non-hydrogen) atoms. The highest BCUT2D eigenvalue weighted by Gasteiger charge is 2.51. The second-order valence-electron chi connectivity index (χ2n) is 4.15. The molecular weight excluding hydrogens is 280 g/mol. The smallest absolute Gasteiger partial charge is 0.408 e. The maximum Gasteiger partial charge on any atom is 0.408 e. The van der Waals surface area contributed by atoms with Crippen molar-refractivity contribution < 1.29 is 38.8 Å². The number of nitrogens with zero attached hydrogens (tertiary/aromatic N) is 1. The lowest BCUT2D eigenvalue weighted by Crippen LogP contribution is -2.39. The first-order valence-electron chi connectivity index (χ1n) is 5.68. The van der Waals surface area contributed by atoms with Crippen LogP contribution in [-0.2, 0) is 23.8 Å². The van der Waals surface area contributed by atoms with Gasteiger partial charge in [0.2, 0.25) is 0 Å². The molecule has 0 saturated carbocycles. The molecule has 2 aliphatic heterocycles. The molecular formula is C9H12N2O9. The van der Waals surface area contributed by atoms with E-state index >= 15 is 0 Å². The maximum absolute atomic E-state index is 11.3. The van der Waals surface area contributed by atoms with E-state index in [0.29, 0.717) is 0 Å². The highest BCUT2D eigenvalue weighted by atomic mass is 17.0. The van der Waals surface area contributed by atoms with Crippen LogP contribution in [0.25, 0.3) is 0 Å². The van der Waals surface area contributed by atoms with E-state index in [1.54, 1.807) is 0 Å². The third kappa shape index (κ3) is 3.24. The fourth-order valence-electron chi connectivity index (χ4n) is 2.06. The molecule has 0 aromatic carbocycles. The Morgan fingerprint density at radius 2 is 1.90 bits per heavy atom. The van der Waals surface area contributed by atoms with Gasteiger partial charge >= 0.3 is 12.1 Å². The van der Waals surface area contributed by atoms with E-state index in [2.05, 4.69) is 4.84 Å². The van der Waals surface area contributed by atoms with Crippen LogP contribution in [0, 0.1) is 10.1 Å². The van der Waals surface area contributed by atoms with E-state index in [0.717, 1.165) is 0 Å². The van der Waals surface area contributed by atoms with Gasteiger partial charge in [0.05, 0.1) is 13.2 Å². The maximum atomic E-state index is 11.3. The Labute approximate surface area is 111 Å². The van der Waals surface area contributed by atoms with Crippen LogP contribution in [0.2, 0.25) is 0 Å². The summed E-state index contributed by atoms with van der Waals surface area (Å²) < 4.78 is 15.4. The molecule has 2 N–H and O–H groups in total. The Balaban J connectivity index is 1.83. The standard InChI is InChI=1S/C9H12N2O9/c12-6(13)1-10-9(14)19-4-2-17-8-5(20-11(15)16)3-18-7(4)8/h4-5,7-8H,1-3H2,(H,10,14)(H,12,13)/t4-,5?,7+,8+/m0/s1. The number of aliphatic carboxylic acids is 1. The molecule has 1 unspecified atom stereocenters. The van der Waals surface area contributed by atoms with Gasteiger partial charge in [-0.3, -0.25) is 4.79 Å². The predicted octanol–water partition coefficient (Wildman–Crippen LogP) is -1.46. The number of fused-ring (bicyclic) bond motifs is 1. The number of rotatable bonds is 5. The van der Waals surface area contributed by atoms with E-state index in [1.807, 2.05) is 5.32 Å². The lowest BCUT2D eigenvalue weighted by atomic mass is 10.1. The summed E-state index contributed by atoms with van der Waals surface area (Å²) in [5.41, 5.74) is 0. The molecule has 0 radical (unpaired) electrons. The number of alkyl carbamates (subject to hydrolysis) is 1. The second-order valence-corrected chi connectivity index (χ2v) is 4.15. The van der Waals surface area contributed by atoms with E-state index in [4.69, 9.17) is 19.3 Å². The third-order valence-corrected chi connectivity index (χ3v) is 2.83. The van der Waals surface area contributed by atoms with Crippen molar-refractivity contribution in [1.82, 2.24) is 5.32 Å². The van der Waals surface area contributed by atoms with Crippen molar-refractivity contribution in [2.45, 2.75) is 24.4 Å². The fourth-order valence-corrected chi connectivity index (χ4v) is 2.06.